The van der Waals surface area contributed by atoms with Crippen LogP contribution in [0.15, 0.2) is 54.6 Å². The second kappa shape index (κ2) is 8.42. The molecule has 2 aromatic rings. The molecule has 0 radical (unpaired) electrons. The lowest BCUT2D eigenvalue weighted by atomic mass is 9.99. The Balaban J connectivity index is 1.75. The third-order valence-electron chi connectivity index (χ3n) is 4.56. The highest BCUT2D eigenvalue weighted by Crippen LogP contribution is 2.23. The number of rotatable bonds is 5. The van der Waals surface area contributed by atoms with Crippen LogP contribution in [0.3, 0.4) is 0 Å². The molecule has 1 aliphatic heterocycles. The smallest absolute Gasteiger partial charge is 0.251 e. The summed E-state index contributed by atoms with van der Waals surface area (Å²) >= 11 is 0. The maximum Gasteiger partial charge on any atom is 0.251 e. The van der Waals surface area contributed by atoms with E-state index in [1.54, 1.807) is 6.07 Å². The predicted octanol–water partition coefficient (Wildman–Crippen LogP) is 1.53. The molecule has 1 saturated heterocycles. The Morgan fingerprint density at radius 1 is 1.23 bits per heavy atom. The molecule has 138 valence electrons. The van der Waals surface area contributed by atoms with Gasteiger partial charge in [0.1, 0.15) is 6.04 Å². The van der Waals surface area contributed by atoms with Crippen LogP contribution in [0.25, 0.3) is 11.1 Å². The molecule has 1 aliphatic rings. The molecule has 0 spiro atoms. The average Bonchev–Trinajstić information content (AvgIpc) is 2.69. The van der Waals surface area contributed by atoms with Crippen LogP contribution < -0.4 is 11.1 Å². The number of nitrogens with two attached hydrogens (primary N) is 1. The molecular formula is C20H24N2O4. The summed E-state index contributed by atoms with van der Waals surface area (Å²) in [5.74, 6) is -0.288. The van der Waals surface area contributed by atoms with Crippen molar-refractivity contribution in [1.29, 1.82) is 0 Å². The summed E-state index contributed by atoms with van der Waals surface area (Å²) in [6.07, 6.45) is -1.47. The van der Waals surface area contributed by atoms with Crippen LogP contribution in [-0.2, 0) is 9.47 Å². The molecule has 6 nitrogen and oxygen atoms in total. The van der Waals surface area contributed by atoms with Gasteiger partial charge in [0.2, 0.25) is 0 Å². The molecule has 1 unspecified atom stereocenters. The van der Waals surface area contributed by atoms with Gasteiger partial charge in [-0.15, -0.1) is 0 Å². The SMILES string of the molecule is COC1O[C@H](CN)C[C@H](O)[C@H]1NC(=O)c1cccc(-c2ccccc2)c1. The summed E-state index contributed by atoms with van der Waals surface area (Å²) in [4.78, 5) is 12.7. The van der Waals surface area contributed by atoms with Crippen LogP contribution in [0.5, 0.6) is 0 Å². The summed E-state index contributed by atoms with van der Waals surface area (Å²) in [7, 11) is 1.48. The Bertz CT molecular complexity index is 738. The zero-order valence-corrected chi connectivity index (χ0v) is 14.7. The van der Waals surface area contributed by atoms with E-state index in [2.05, 4.69) is 5.32 Å². The van der Waals surface area contributed by atoms with Crippen LogP contribution in [0, 0.1) is 0 Å². The van der Waals surface area contributed by atoms with Gasteiger partial charge in [-0.3, -0.25) is 4.79 Å². The first kappa shape index (κ1) is 18.5. The molecule has 4 N–H and O–H groups in total. The van der Waals surface area contributed by atoms with E-state index in [9.17, 15) is 9.90 Å². The molecule has 2 aromatic carbocycles. The monoisotopic (exact) mass is 356 g/mol. The van der Waals surface area contributed by atoms with Crippen LogP contribution in [0.4, 0.5) is 0 Å². The highest BCUT2D eigenvalue weighted by molar-refractivity contribution is 5.95. The van der Waals surface area contributed by atoms with E-state index in [0.717, 1.165) is 11.1 Å². The maximum absolute atomic E-state index is 12.7. The zero-order valence-electron chi connectivity index (χ0n) is 14.7. The number of carbonyl (C=O) groups is 1. The van der Waals surface area contributed by atoms with Gasteiger partial charge >= 0.3 is 0 Å². The summed E-state index contributed by atoms with van der Waals surface area (Å²) in [5.41, 5.74) is 8.10. The van der Waals surface area contributed by atoms with Crippen molar-refractivity contribution in [1.82, 2.24) is 5.32 Å². The van der Waals surface area contributed by atoms with Crippen molar-refractivity contribution in [3.63, 3.8) is 0 Å². The fourth-order valence-electron chi connectivity index (χ4n) is 3.15. The van der Waals surface area contributed by atoms with Crippen molar-refractivity contribution in [3.8, 4) is 11.1 Å². The van der Waals surface area contributed by atoms with Gasteiger partial charge in [0.15, 0.2) is 6.29 Å². The standard InChI is InChI=1S/C20H24N2O4/c1-25-20-18(17(23)11-16(12-21)26-20)22-19(24)15-9-5-8-14(10-15)13-6-3-2-4-7-13/h2-10,16-18,20,23H,11-12,21H2,1H3,(H,22,24)/t16-,17-,18+,20?/m0/s1. The molecule has 1 fully saturated rings. The molecule has 6 heteroatoms. The number of ether oxygens (including phenoxy) is 2. The Kier molecular flexibility index (Phi) is 6.00. The number of aliphatic hydroxyl groups is 1. The zero-order chi connectivity index (χ0) is 18.5. The summed E-state index contributed by atoms with van der Waals surface area (Å²) in [5, 5.41) is 13.2. The number of aliphatic hydroxyl groups excluding tert-OH is 1. The van der Waals surface area contributed by atoms with Crippen LogP contribution >= 0.6 is 0 Å². The number of benzene rings is 2. The Morgan fingerprint density at radius 2 is 1.96 bits per heavy atom. The fraction of sp³-hybridized carbons (Fsp3) is 0.350. The van der Waals surface area contributed by atoms with Crippen LogP contribution in [0.2, 0.25) is 0 Å². The predicted molar refractivity (Wildman–Crippen MR) is 98.5 cm³/mol. The van der Waals surface area contributed by atoms with Crippen molar-refractivity contribution < 1.29 is 19.4 Å². The number of hydrogen-bond acceptors (Lipinski definition) is 5. The quantitative estimate of drug-likeness (QED) is 0.755. The molecule has 0 bridgehead atoms. The molecule has 0 aliphatic carbocycles. The first-order chi connectivity index (χ1) is 12.6. The molecule has 1 amide bonds. The maximum atomic E-state index is 12.7. The van der Waals surface area contributed by atoms with Gasteiger partial charge < -0.3 is 25.6 Å². The molecule has 1 heterocycles. The second-order valence-electron chi connectivity index (χ2n) is 6.35. The van der Waals surface area contributed by atoms with E-state index in [1.807, 2.05) is 48.5 Å². The fourth-order valence-corrected chi connectivity index (χ4v) is 3.15. The largest absolute Gasteiger partial charge is 0.391 e. The molecular weight excluding hydrogens is 332 g/mol. The van der Waals surface area contributed by atoms with Crippen molar-refractivity contribution >= 4 is 5.91 Å². The summed E-state index contributed by atoms with van der Waals surface area (Å²) < 4.78 is 11.0. The van der Waals surface area contributed by atoms with Gasteiger partial charge in [-0.1, -0.05) is 42.5 Å². The van der Waals surface area contributed by atoms with Crippen molar-refractivity contribution in [2.75, 3.05) is 13.7 Å². The van der Waals surface area contributed by atoms with Crippen molar-refractivity contribution in [2.24, 2.45) is 5.73 Å². The summed E-state index contributed by atoms with van der Waals surface area (Å²) in [6, 6.07) is 16.5. The topological polar surface area (TPSA) is 93.8 Å². The van der Waals surface area contributed by atoms with E-state index in [4.69, 9.17) is 15.2 Å². The third kappa shape index (κ3) is 4.11. The molecule has 4 atom stereocenters. The number of methoxy groups -OCH3 is 1. The summed E-state index contributed by atoms with van der Waals surface area (Å²) in [6.45, 7) is 0.288. The van der Waals surface area contributed by atoms with Gasteiger partial charge in [0.05, 0.1) is 12.2 Å². The first-order valence-corrected chi connectivity index (χ1v) is 8.65. The number of hydrogen-bond donors (Lipinski definition) is 3. The minimum absolute atomic E-state index is 0.287. The highest BCUT2D eigenvalue weighted by atomic mass is 16.7. The molecule has 3 rings (SSSR count). The van der Waals surface area contributed by atoms with E-state index in [0.29, 0.717) is 12.0 Å². The van der Waals surface area contributed by atoms with Crippen LogP contribution in [0.1, 0.15) is 16.8 Å². The lowest BCUT2D eigenvalue weighted by Crippen LogP contribution is -2.58. The van der Waals surface area contributed by atoms with Crippen LogP contribution in [-0.4, -0.2) is 49.2 Å². The average molecular weight is 356 g/mol. The Hall–Kier alpha value is -2.25. The lowest BCUT2D eigenvalue weighted by Gasteiger charge is -2.38. The van der Waals surface area contributed by atoms with Gasteiger partial charge in [-0.25, -0.2) is 0 Å². The van der Waals surface area contributed by atoms with E-state index in [-0.39, 0.29) is 18.6 Å². The number of carbonyl (C=O) groups excluding carboxylic acids is 1. The van der Waals surface area contributed by atoms with E-state index in [1.165, 1.54) is 7.11 Å². The van der Waals surface area contributed by atoms with Crippen molar-refractivity contribution in [2.45, 2.75) is 31.0 Å². The third-order valence-corrected chi connectivity index (χ3v) is 4.56. The second-order valence-corrected chi connectivity index (χ2v) is 6.35. The Labute approximate surface area is 152 Å². The van der Waals surface area contributed by atoms with Gasteiger partial charge in [-0.05, 0) is 23.3 Å². The van der Waals surface area contributed by atoms with Crippen molar-refractivity contribution in [3.05, 3.63) is 60.2 Å². The Morgan fingerprint density at radius 3 is 2.65 bits per heavy atom. The normalized spacial score (nSPS) is 25.7. The minimum Gasteiger partial charge on any atom is -0.391 e. The molecule has 0 aromatic heterocycles. The number of amides is 1. The molecule has 0 saturated carbocycles. The highest BCUT2D eigenvalue weighted by Gasteiger charge is 2.38. The first-order valence-electron chi connectivity index (χ1n) is 8.65. The van der Waals surface area contributed by atoms with Gasteiger partial charge in [0.25, 0.3) is 5.91 Å². The molecule has 26 heavy (non-hydrogen) atoms. The van der Waals surface area contributed by atoms with E-state index >= 15 is 0 Å². The van der Waals surface area contributed by atoms with E-state index < -0.39 is 18.4 Å². The van der Waals surface area contributed by atoms with Gasteiger partial charge in [0, 0.05) is 25.6 Å². The van der Waals surface area contributed by atoms with Gasteiger partial charge in [-0.2, -0.15) is 0 Å². The number of nitrogens with one attached hydrogen (secondary N) is 1. The lowest BCUT2D eigenvalue weighted by molar-refractivity contribution is -0.215. The minimum atomic E-state index is -0.788.